The molecule has 4 heteroatoms. The molecule has 1 heterocycles. The lowest BCUT2D eigenvalue weighted by atomic mass is 10.1. The number of nitriles is 1. The second-order valence-electron chi connectivity index (χ2n) is 3.42. The van der Waals surface area contributed by atoms with Crippen molar-refractivity contribution in [1.29, 1.82) is 5.26 Å². The fourth-order valence-electron chi connectivity index (χ4n) is 1.38. The van der Waals surface area contributed by atoms with E-state index in [0.717, 1.165) is 11.4 Å². The second kappa shape index (κ2) is 5.32. The van der Waals surface area contributed by atoms with Crippen molar-refractivity contribution in [1.82, 2.24) is 4.98 Å². The number of rotatable bonds is 4. The Hall–Kier alpha value is -1.60. The number of aliphatic hydroxyl groups excluding tert-OH is 1. The van der Waals surface area contributed by atoms with E-state index in [4.69, 9.17) is 5.26 Å². The van der Waals surface area contributed by atoms with E-state index < -0.39 is 6.10 Å². The third-order valence-electron chi connectivity index (χ3n) is 2.19. The molecule has 1 N–H and O–H groups in total. The van der Waals surface area contributed by atoms with Crippen molar-refractivity contribution in [3.8, 4) is 6.07 Å². The molecule has 0 saturated carbocycles. The number of hydrogen-bond donors (Lipinski definition) is 1. The number of aliphatic hydroxyl groups is 1. The van der Waals surface area contributed by atoms with E-state index in [-0.39, 0.29) is 0 Å². The summed E-state index contributed by atoms with van der Waals surface area (Å²) in [4.78, 5) is 6.09. The van der Waals surface area contributed by atoms with Gasteiger partial charge < -0.3 is 10.0 Å². The Morgan fingerprint density at radius 3 is 3.00 bits per heavy atom. The van der Waals surface area contributed by atoms with Gasteiger partial charge in [-0.05, 0) is 13.0 Å². The van der Waals surface area contributed by atoms with Gasteiger partial charge in [0.25, 0.3) is 0 Å². The van der Waals surface area contributed by atoms with Gasteiger partial charge in [0.15, 0.2) is 0 Å². The Kier molecular flexibility index (Phi) is 4.07. The Labute approximate surface area is 89.8 Å². The molecule has 1 aromatic heterocycles. The van der Waals surface area contributed by atoms with Crippen LogP contribution in [0.5, 0.6) is 0 Å². The number of hydrogen-bond acceptors (Lipinski definition) is 4. The quantitative estimate of drug-likeness (QED) is 0.808. The summed E-state index contributed by atoms with van der Waals surface area (Å²) in [5.74, 6) is 0.739. The van der Waals surface area contributed by atoms with Crippen molar-refractivity contribution in [3.63, 3.8) is 0 Å². The molecule has 1 rings (SSSR count). The van der Waals surface area contributed by atoms with Crippen LogP contribution in [0.15, 0.2) is 18.3 Å². The largest absolute Gasteiger partial charge is 0.389 e. The second-order valence-corrected chi connectivity index (χ2v) is 3.42. The van der Waals surface area contributed by atoms with Crippen molar-refractivity contribution in [3.05, 3.63) is 23.9 Å². The van der Waals surface area contributed by atoms with Gasteiger partial charge in [0.05, 0.1) is 18.6 Å². The first-order valence-corrected chi connectivity index (χ1v) is 4.88. The van der Waals surface area contributed by atoms with E-state index >= 15 is 0 Å². The number of nitrogens with zero attached hydrogens (tertiary/aromatic N) is 3. The molecule has 1 atom stereocenters. The first-order valence-electron chi connectivity index (χ1n) is 4.88. The summed E-state index contributed by atoms with van der Waals surface area (Å²) in [6.07, 6.45) is 1.59. The molecule has 1 unspecified atom stereocenters. The molecular weight excluding hydrogens is 190 g/mol. The summed E-state index contributed by atoms with van der Waals surface area (Å²) in [5, 5.41) is 18.0. The molecule has 0 aliphatic rings. The molecule has 15 heavy (non-hydrogen) atoms. The van der Waals surface area contributed by atoms with E-state index in [2.05, 4.69) is 11.1 Å². The fourth-order valence-corrected chi connectivity index (χ4v) is 1.38. The highest BCUT2D eigenvalue weighted by atomic mass is 16.3. The molecule has 0 aliphatic carbocycles. The molecule has 4 nitrogen and oxygen atoms in total. The first kappa shape index (κ1) is 11.5. The number of aromatic nitrogens is 1. The maximum absolute atomic E-state index is 9.55. The van der Waals surface area contributed by atoms with Gasteiger partial charge in [-0.25, -0.2) is 4.98 Å². The van der Waals surface area contributed by atoms with Gasteiger partial charge >= 0.3 is 0 Å². The van der Waals surface area contributed by atoms with Crippen molar-refractivity contribution in [2.75, 3.05) is 18.5 Å². The summed E-state index contributed by atoms with van der Waals surface area (Å²) in [6.45, 7) is 2.33. The van der Waals surface area contributed by atoms with Gasteiger partial charge in [-0.1, -0.05) is 6.07 Å². The molecule has 0 fully saturated rings. The Bertz CT molecular complexity index is 357. The SMILES string of the molecule is CC(O)c1cccnc1N(C)CCC#N. The number of pyridine rings is 1. The van der Waals surface area contributed by atoms with Crippen molar-refractivity contribution >= 4 is 5.82 Å². The summed E-state index contributed by atoms with van der Waals surface area (Å²) in [7, 11) is 1.87. The fraction of sp³-hybridized carbons (Fsp3) is 0.455. The van der Waals surface area contributed by atoms with Crippen LogP contribution >= 0.6 is 0 Å². The van der Waals surface area contributed by atoms with Crippen LogP contribution < -0.4 is 4.90 Å². The highest BCUT2D eigenvalue weighted by molar-refractivity contribution is 5.47. The highest BCUT2D eigenvalue weighted by Crippen LogP contribution is 2.22. The normalized spacial score (nSPS) is 11.9. The average molecular weight is 205 g/mol. The van der Waals surface area contributed by atoms with Crippen LogP contribution in [0.1, 0.15) is 25.0 Å². The molecule has 0 bridgehead atoms. The van der Waals surface area contributed by atoms with Crippen LogP contribution in [0, 0.1) is 11.3 Å². The predicted octanol–water partition coefficient (Wildman–Crippen LogP) is 1.48. The van der Waals surface area contributed by atoms with Crippen LogP contribution in [0.4, 0.5) is 5.82 Å². The molecule has 0 aromatic carbocycles. The lowest BCUT2D eigenvalue weighted by Gasteiger charge is -2.20. The van der Waals surface area contributed by atoms with Crippen LogP contribution in [0.3, 0.4) is 0 Å². The zero-order valence-corrected chi connectivity index (χ0v) is 9.01. The maximum atomic E-state index is 9.55. The van der Waals surface area contributed by atoms with Crippen molar-refractivity contribution in [2.24, 2.45) is 0 Å². The van der Waals surface area contributed by atoms with Crippen LogP contribution in [-0.2, 0) is 0 Å². The molecule has 0 spiro atoms. The van der Waals surface area contributed by atoms with Gasteiger partial charge in [-0.2, -0.15) is 5.26 Å². The third-order valence-corrected chi connectivity index (χ3v) is 2.19. The molecule has 0 amide bonds. The van der Waals surface area contributed by atoms with Crippen molar-refractivity contribution < 1.29 is 5.11 Å². The minimum atomic E-state index is -0.543. The van der Waals surface area contributed by atoms with Crippen LogP contribution in [0.2, 0.25) is 0 Å². The average Bonchev–Trinajstić information content (AvgIpc) is 2.25. The van der Waals surface area contributed by atoms with Gasteiger partial charge in [0.1, 0.15) is 5.82 Å². The monoisotopic (exact) mass is 205 g/mol. The van der Waals surface area contributed by atoms with E-state index in [1.165, 1.54) is 0 Å². The third kappa shape index (κ3) is 2.93. The van der Waals surface area contributed by atoms with Crippen LogP contribution in [0.25, 0.3) is 0 Å². The lowest BCUT2D eigenvalue weighted by molar-refractivity contribution is 0.199. The zero-order valence-electron chi connectivity index (χ0n) is 9.01. The molecule has 80 valence electrons. The predicted molar refractivity (Wildman–Crippen MR) is 58.4 cm³/mol. The van der Waals surface area contributed by atoms with E-state index in [1.807, 2.05) is 18.0 Å². The molecule has 0 radical (unpaired) electrons. The molecule has 0 saturated heterocycles. The van der Waals surface area contributed by atoms with Crippen molar-refractivity contribution in [2.45, 2.75) is 19.4 Å². The van der Waals surface area contributed by atoms with Gasteiger partial charge in [0, 0.05) is 25.4 Å². The van der Waals surface area contributed by atoms with E-state index in [9.17, 15) is 5.11 Å². The summed E-state index contributed by atoms with van der Waals surface area (Å²) in [6, 6.07) is 5.72. The Morgan fingerprint density at radius 2 is 2.40 bits per heavy atom. The molecule has 1 aromatic rings. The summed E-state index contributed by atoms with van der Waals surface area (Å²) in [5.41, 5.74) is 0.790. The lowest BCUT2D eigenvalue weighted by Crippen LogP contribution is -2.21. The standard InChI is InChI=1S/C11H15N3O/c1-9(15)10-5-3-7-13-11(10)14(2)8-4-6-12/h3,5,7,9,15H,4,8H2,1-2H3. The van der Waals surface area contributed by atoms with Crippen LogP contribution in [-0.4, -0.2) is 23.7 Å². The van der Waals surface area contributed by atoms with Gasteiger partial charge in [-0.3, -0.25) is 0 Å². The summed E-state index contributed by atoms with van der Waals surface area (Å²) < 4.78 is 0. The molecule has 0 aliphatic heterocycles. The first-order chi connectivity index (χ1) is 7.16. The maximum Gasteiger partial charge on any atom is 0.134 e. The highest BCUT2D eigenvalue weighted by Gasteiger charge is 2.11. The van der Waals surface area contributed by atoms with Gasteiger partial charge in [0.2, 0.25) is 0 Å². The Balaban J connectivity index is 2.88. The van der Waals surface area contributed by atoms with E-state index in [1.54, 1.807) is 19.2 Å². The van der Waals surface area contributed by atoms with Gasteiger partial charge in [-0.15, -0.1) is 0 Å². The summed E-state index contributed by atoms with van der Waals surface area (Å²) >= 11 is 0. The minimum absolute atomic E-state index is 0.451. The minimum Gasteiger partial charge on any atom is -0.389 e. The molecular formula is C11H15N3O. The zero-order chi connectivity index (χ0) is 11.3. The Morgan fingerprint density at radius 1 is 1.67 bits per heavy atom. The topological polar surface area (TPSA) is 60.2 Å². The van der Waals surface area contributed by atoms with E-state index in [0.29, 0.717) is 13.0 Å². The number of anilines is 1. The smallest absolute Gasteiger partial charge is 0.134 e.